The molecule has 0 N–H and O–H groups in total. The van der Waals surface area contributed by atoms with Crippen molar-refractivity contribution < 1.29 is 25.9 Å². The van der Waals surface area contributed by atoms with Gasteiger partial charge in [-0.3, -0.25) is 0 Å². The van der Waals surface area contributed by atoms with Crippen LogP contribution < -0.4 is 0 Å². The fourth-order valence-corrected chi connectivity index (χ4v) is 1.07. The molecule has 0 aliphatic carbocycles. The van der Waals surface area contributed by atoms with E-state index in [0.717, 1.165) is 12.0 Å². The molecule has 0 aliphatic rings. The molecule has 2 rings (SSSR count). The van der Waals surface area contributed by atoms with Gasteiger partial charge in [-0.1, -0.05) is 6.20 Å². The van der Waals surface area contributed by atoms with Crippen LogP contribution in [0.25, 0.3) is 5.69 Å². The SMILES string of the molecule is O=Cc1cn[c-]n1-c1[c-]cccc1.[W+2]. The summed E-state index contributed by atoms with van der Waals surface area (Å²) >= 11 is 0. The molecule has 0 radical (unpaired) electrons. The minimum Gasteiger partial charge on any atom is -0.446 e. The fourth-order valence-electron chi connectivity index (χ4n) is 1.07. The van der Waals surface area contributed by atoms with E-state index in [1.807, 2.05) is 18.2 Å². The van der Waals surface area contributed by atoms with Crippen LogP contribution in [0.1, 0.15) is 10.5 Å². The van der Waals surface area contributed by atoms with E-state index in [-0.39, 0.29) is 21.1 Å². The molecule has 1 aromatic carbocycles. The Hall–Kier alpha value is -1.21. The van der Waals surface area contributed by atoms with Crippen LogP contribution in [-0.4, -0.2) is 15.8 Å². The number of para-hydroxylation sites is 1. The van der Waals surface area contributed by atoms with Crippen LogP contribution in [0.5, 0.6) is 0 Å². The molecule has 1 heterocycles. The van der Waals surface area contributed by atoms with Crippen LogP contribution in [0.2, 0.25) is 0 Å². The zero-order chi connectivity index (χ0) is 9.10. The normalized spacial score (nSPS) is 9.14. The predicted molar refractivity (Wildman–Crippen MR) is 46.6 cm³/mol. The van der Waals surface area contributed by atoms with E-state index < -0.39 is 0 Å². The van der Waals surface area contributed by atoms with E-state index in [4.69, 9.17) is 0 Å². The minimum atomic E-state index is 0. The van der Waals surface area contributed by atoms with Gasteiger partial charge in [0, 0.05) is 6.33 Å². The Kier molecular flexibility index (Phi) is 3.78. The zero-order valence-electron chi connectivity index (χ0n) is 7.18. The molecular weight excluding hydrogens is 348 g/mol. The molecule has 0 saturated carbocycles. The third-order valence-corrected chi connectivity index (χ3v) is 1.67. The van der Waals surface area contributed by atoms with E-state index in [1.54, 1.807) is 10.6 Å². The Bertz CT molecular complexity index is 411. The van der Waals surface area contributed by atoms with Crippen molar-refractivity contribution in [2.75, 3.05) is 0 Å². The molecule has 0 unspecified atom stereocenters. The van der Waals surface area contributed by atoms with Crippen molar-refractivity contribution >= 4 is 6.29 Å². The molecule has 0 atom stereocenters. The summed E-state index contributed by atoms with van der Waals surface area (Å²) in [5.41, 5.74) is 1.24. The molecule has 1 aromatic heterocycles. The molecule has 0 aliphatic heterocycles. The largest absolute Gasteiger partial charge is 2.00 e. The smallest absolute Gasteiger partial charge is 0.446 e. The standard InChI is InChI=1S/C10H6N2O.W/c13-7-10-6-11-8-12(10)9-4-2-1-3-5-9;/h1-4,6-7H;/q-2;+2. The van der Waals surface area contributed by atoms with Crippen LogP contribution in [0.15, 0.2) is 30.5 Å². The van der Waals surface area contributed by atoms with Crippen LogP contribution >= 0.6 is 0 Å². The first-order valence-electron chi connectivity index (χ1n) is 3.79. The van der Waals surface area contributed by atoms with Crippen LogP contribution in [0, 0.1) is 12.4 Å². The quantitative estimate of drug-likeness (QED) is 0.602. The van der Waals surface area contributed by atoms with Gasteiger partial charge < -0.3 is 14.3 Å². The van der Waals surface area contributed by atoms with Gasteiger partial charge in [0.2, 0.25) is 0 Å². The van der Waals surface area contributed by atoms with E-state index >= 15 is 0 Å². The average molecular weight is 354 g/mol. The molecular formula is C10H6N2OW. The number of benzene rings is 1. The summed E-state index contributed by atoms with van der Waals surface area (Å²) in [7, 11) is 0. The van der Waals surface area contributed by atoms with Gasteiger partial charge >= 0.3 is 21.1 Å². The van der Waals surface area contributed by atoms with Gasteiger partial charge in [0.05, 0.1) is 0 Å². The van der Waals surface area contributed by atoms with Gasteiger partial charge in [0.1, 0.15) is 6.29 Å². The van der Waals surface area contributed by atoms with Gasteiger partial charge in [-0.2, -0.15) is 30.0 Å². The average Bonchev–Trinajstić information content (AvgIpc) is 2.67. The van der Waals surface area contributed by atoms with Crippen molar-refractivity contribution in [3.63, 3.8) is 0 Å². The first-order chi connectivity index (χ1) is 6.42. The van der Waals surface area contributed by atoms with Gasteiger partial charge in [0.25, 0.3) is 0 Å². The van der Waals surface area contributed by atoms with E-state index in [9.17, 15) is 4.79 Å². The molecule has 2 aromatic rings. The summed E-state index contributed by atoms with van der Waals surface area (Å²) in [5.74, 6) is 0. The van der Waals surface area contributed by atoms with E-state index in [0.29, 0.717) is 5.69 Å². The predicted octanol–water partition coefficient (Wildman–Crippen LogP) is 1.28. The topological polar surface area (TPSA) is 34.9 Å². The number of rotatable bonds is 2. The van der Waals surface area contributed by atoms with Gasteiger partial charge in [0.15, 0.2) is 0 Å². The van der Waals surface area contributed by atoms with Crippen molar-refractivity contribution in [2.45, 2.75) is 0 Å². The number of aromatic nitrogens is 2. The van der Waals surface area contributed by atoms with Crippen LogP contribution in [0.4, 0.5) is 0 Å². The summed E-state index contributed by atoms with van der Waals surface area (Å²) in [6.45, 7) is 0. The Balaban J connectivity index is 0.000000980. The number of hydrogen-bond donors (Lipinski definition) is 0. The van der Waals surface area contributed by atoms with Gasteiger partial charge in [-0.25, -0.2) is 6.07 Å². The van der Waals surface area contributed by atoms with Crippen molar-refractivity contribution in [3.05, 3.63) is 48.5 Å². The second kappa shape index (κ2) is 4.87. The first-order valence-corrected chi connectivity index (χ1v) is 3.79. The molecule has 3 nitrogen and oxygen atoms in total. The summed E-state index contributed by atoms with van der Waals surface area (Å²) < 4.78 is 1.56. The Morgan fingerprint density at radius 1 is 1.43 bits per heavy atom. The summed E-state index contributed by atoms with van der Waals surface area (Å²) in [5, 5.41) is 0. The number of carbonyl (C=O) groups excluding carboxylic acids is 1. The maximum Gasteiger partial charge on any atom is 2.00 e. The molecule has 14 heavy (non-hydrogen) atoms. The number of carbonyl (C=O) groups is 1. The number of aldehydes is 1. The number of imidazole rings is 1. The summed E-state index contributed by atoms with van der Waals surface area (Å²) in [6, 6.07) is 10.3. The van der Waals surface area contributed by atoms with Crippen LogP contribution in [0.3, 0.4) is 0 Å². The zero-order valence-corrected chi connectivity index (χ0v) is 10.1. The van der Waals surface area contributed by atoms with Gasteiger partial charge in [-0.05, 0) is 5.69 Å². The van der Waals surface area contributed by atoms with Crippen LogP contribution in [-0.2, 0) is 21.1 Å². The maximum atomic E-state index is 10.6. The van der Waals surface area contributed by atoms with Crippen molar-refractivity contribution in [1.82, 2.24) is 9.55 Å². The Labute approximate surface area is 96.0 Å². The van der Waals surface area contributed by atoms with E-state index in [1.165, 1.54) is 6.20 Å². The Morgan fingerprint density at radius 2 is 2.29 bits per heavy atom. The van der Waals surface area contributed by atoms with Crippen molar-refractivity contribution in [1.29, 1.82) is 0 Å². The Morgan fingerprint density at radius 3 is 2.93 bits per heavy atom. The first kappa shape index (κ1) is 10.9. The number of hydrogen-bond acceptors (Lipinski definition) is 2. The second-order valence-electron chi connectivity index (χ2n) is 2.48. The number of nitrogens with zero attached hydrogens (tertiary/aromatic N) is 2. The molecule has 68 valence electrons. The summed E-state index contributed by atoms with van der Waals surface area (Å²) in [6.07, 6.45) is 4.88. The maximum absolute atomic E-state index is 10.6. The molecule has 0 spiro atoms. The molecule has 0 amide bonds. The summed E-state index contributed by atoms with van der Waals surface area (Å²) in [4.78, 5) is 14.3. The molecule has 0 bridgehead atoms. The van der Waals surface area contributed by atoms with Crippen molar-refractivity contribution in [3.8, 4) is 5.69 Å². The minimum absolute atomic E-state index is 0. The van der Waals surface area contributed by atoms with Crippen molar-refractivity contribution in [2.24, 2.45) is 0 Å². The third-order valence-electron chi connectivity index (χ3n) is 1.67. The third kappa shape index (κ3) is 1.99. The van der Waals surface area contributed by atoms with Gasteiger partial charge in [-0.15, -0.1) is 0 Å². The monoisotopic (exact) mass is 354 g/mol. The van der Waals surface area contributed by atoms with E-state index in [2.05, 4.69) is 17.4 Å². The molecule has 4 heteroatoms. The second-order valence-corrected chi connectivity index (χ2v) is 2.48. The fraction of sp³-hybridized carbons (Fsp3) is 0. The molecule has 0 fully saturated rings. The molecule has 0 saturated heterocycles.